The van der Waals surface area contributed by atoms with Crippen LogP contribution in [0.25, 0.3) is 0 Å². The number of carboxylic acid groups (broad SMARTS) is 1. The van der Waals surface area contributed by atoms with Crippen LogP contribution in [-0.4, -0.2) is 64.7 Å². The number of carboxylic acids is 1. The van der Waals surface area contributed by atoms with E-state index in [1.165, 1.54) is 6.92 Å². The zero-order chi connectivity index (χ0) is 21.3. The first-order valence-electron chi connectivity index (χ1n) is 8.96. The number of nitrogens with two attached hydrogens (primary N) is 1. The van der Waals surface area contributed by atoms with E-state index in [9.17, 15) is 29.4 Å². The number of nitrogens with one attached hydrogen (secondary N) is 3. The molecule has 0 heterocycles. The molecule has 0 spiro atoms. The van der Waals surface area contributed by atoms with Crippen LogP contribution in [0.1, 0.15) is 41.0 Å². The van der Waals surface area contributed by atoms with Crippen LogP contribution in [-0.2, 0) is 19.2 Å². The third-order valence-corrected chi connectivity index (χ3v) is 4.29. The molecule has 0 fully saturated rings. The Kier molecular flexibility index (Phi) is 10.6. The summed E-state index contributed by atoms with van der Waals surface area (Å²) in [6, 6.07) is -3.20. The molecule has 0 radical (unpaired) electrons. The Labute approximate surface area is 159 Å². The van der Waals surface area contributed by atoms with Crippen molar-refractivity contribution in [3.63, 3.8) is 0 Å². The van der Waals surface area contributed by atoms with Crippen LogP contribution >= 0.6 is 0 Å². The van der Waals surface area contributed by atoms with Gasteiger partial charge in [-0.25, -0.2) is 4.79 Å². The summed E-state index contributed by atoms with van der Waals surface area (Å²) in [7, 11) is 0. The van der Waals surface area contributed by atoms with Crippen molar-refractivity contribution in [3.05, 3.63) is 0 Å². The number of amides is 3. The summed E-state index contributed by atoms with van der Waals surface area (Å²) in [6.45, 7) is 7.83. The van der Waals surface area contributed by atoms with E-state index in [1.54, 1.807) is 20.8 Å². The molecule has 0 aromatic heterocycles. The summed E-state index contributed by atoms with van der Waals surface area (Å²) < 4.78 is 0. The minimum atomic E-state index is -1.19. The van der Waals surface area contributed by atoms with Crippen molar-refractivity contribution in [1.29, 1.82) is 0 Å². The second-order valence-electron chi connectivity index (χ2n) is 6.98. The minimum Gasteiger partial charge on any atom is -0.480 e. The van der Waals surface area contributed by atoms with Crippen LogP contribution in [0.4, 0.5) is 0 Å². The fraction of sp³-hybridized carbons (Fsp3) is 0.765. The molecule has 3 amide bonds. The van der Waals surface area contributed by atoms with Gasteiger partial charge in [0.25, 0.3) is 0 Å². The van der Waals surface area contributed by atoms with Gasteiger partial charge in [0.15, 0.2) is 0 Å². The Morgan fingerprint density at radius 1 is 0.963 bits per heavy atom. The highest BCUT2D eigenvalue weighted by Crippen LogP contribution is 2.08. The molecule has 0 rings (SSSR count). The van der Waals surface area contributed by atoms with Crippen molar-refractivity contribution >= 4 is 23.7 Å². The normalized spacial score (nSPS) is 16.6. The smallest absolute Gasteiger partial charge is 0.326 e. The molecule has 0 aromatic carbocycles. The Morgan fingerprint density at radius 3 is 1.93 bits per heavy atom. The first kappa shape index (κ1) is 24.8. The van der Waals surface area contributed by atoms with E-state index in [2.05, 4.69) is 16.0 Å². The van der Waals surface area contributed by atoms with Gasteiger partial charge in [-0.1, -0.05) is 34.1 Å². The number of carbonyl (C=O) groups excluding carboxylic acids is 3. The minimum absolute atomic E-state index is 0.271. The van der Waals surface area contributed by atoms with Gasteiger partial charge in [-0.2, -0.15) is 0 Å². The van der Waals surface area contributed by atoms with Crippen molar-refractivity contribution in [3.8, 4) is 0 Å². The lowest BCUT2D eigenvalue weighted by atomic mass is 9.99. The van der Waals surface area contributed by atoms with Gasteiger partial charge < -0.3 is 31.9 Å². The van der Waals surface area contributed by atoms with Crippen molar-refractivity contribution in [2.24, 2.45) is 17.6 Å². The summed E-state index contributed by atoms with van der Waals surface area (Å²) >= 11 is 0. The predicted molar refractivity (Wildman–Crippen MR) is 98.5 cm³/mol. The van der Waals surface area contributed by atoms with Crippen LogP contribution in [0.3, 0.4) is 0 Å². The third kappa shape index (κ3) is 8.35. The molecular weight excluding hydrogens is 356 g/mol. The summed E-state index contributed by atoms with van der Waals surface area (Å²) in [5, 5.41) is 25.7. The summed E-state index contributed by atoms with van der Waals surface area (Å²) in [5.74, 6) is -3.67. The standard InChI is InChI=1S/C17H32N4O6/c1-6-9(4)14(17(26)27)20-11(23)7-19-16(25)13(8(2)3)21-15(24)12(18)10(5)22/h8-10,12-14,22H,6-7,18H2,1-5H3,(H,19,25)(H,20,23)(H,21,24)(H,26,27). The number of hydrogen-bond donors (Lipinski definition) is 6. The molecule has 156 valence electrons. The molecule has 27 heavy (non-hydrogen) atoms. The first-order valence-corrected chi connectivity index (χ1v) is 8.96. The Bertz CT molecular complexity index is 538. The van der Waals surface area contributed by atoms with E-state index >= 15 is 0 Å². The van der Waals surface area contributed by atoms with E-state index in [-0.39, 0.29) is 11.8 Å². The summed E-state index contributed by atoms with van der Waals surface area (Å²) in [4.78, 5) is 47.4. The van der Waals surface area contributed by atoms with Gasteiger partial charge in [0, 0.05) is 0 Å². The molecule has 0 aliphatic heterocycles. The van der Waals surface area contributed by atoms with Crippen LogP contribution in [0.2, 0.25) is 0 Å². The maximum absolute atomic E-state index is 12.3. The number of carbonyl (C=O) groups is 4. The number of hydrogen-bond acceptors (Lipinski definition) is 6. The SMILES string of the molecule is CCC(C)C(NC(=O)CNC(=O)C(NC(=O)C(N)C(C)O)C(C)C)C(=O)O. The maximum atomic E-state index is 12.3. The van der Waals surface area contributed by atoms with E-state index in [4.69, 9.17) is 5.73 Å². The zero-order valence-corrected chi connectivity index (χ0v) is 16.5. The highest BCUT2D eigenvalue weighted by molar-refractivity contribution is 5.92. The van der Waals surface area contributed by atoms with E-state index in [1.807, 2.05) is 6.92 Å². The second kappa shape index (κ2) is 11.5. The topological polar surface area (TPSA) is 171 Å². The number of rotatable bonds is 11. The lowest BCUT2D eigenvalue weighted by molar-refractivity contribution is -0.143. The first-order chi connectivity index (χ1) is 12.4. The molecular formula is C17H32N4O6. The molecule has 10 heteroatoms. The van der Waals surface area contributed by atoms with Crippen molar-refractivity contribution in [2.75, 3.05) is 6.54 Å². The number of aliphatic carboxylic acids is 1. The largest absolute Gasteiger partial charge is 0.480 e. The third-order valence-electron chi connectivity index (χ3n) is 4.29. The van der Waals surface area contributed by atoms with Gasteiger partial charge in [0.1, 0.15) is 18.1 Å². The van der Waals surface area contributed by atoms with Crippen LogP contribution in [0, 0.1) is 11.8 Å². The Morgan fingerprint density at radius 2 is 1.52 bits per heavy atom. The average Bonchev–Trinajstić information content (AvgIpc) is 2.59. The van der Waals surface area contributed by atoms with E-state index < -0.39 is 54.5 Å². The lowest BCUT2D eigenvalue weighted by Crippen LogP contribution is -2.57. The highest BCUT2D eigenvalue weighted by atomic mass is 16.4. The molecule has 5 atom stereocenters. The quantitative estimate of drug-likeness (QED) is 0.252. The maximum Gasteiger partial charge on any atom is 0.326 e. The van der Waals surface area contributed by atoms with Gasteiger partial charge in [0.05, 0.1) is 12.6 Å². The number of aliphatic hydroxyl groups is 1. The fourth-order valence-corrected chi connectivity index (χ4v) is 2.19. The van der Waals surface area contributed by atoms with Crippen molar-refractivity contribution in [1.82, 2.24) is 16.0 Å². The molecule has 0 aliphatic carbocycles. The number of aliphatic hydroxyl groups excluding tert-OH is 1. The van der Waals surface area contributed by atoms with Gasteiger partial charge in [-0.3, -0.25) is 14.4 Å². The van der Waals surface area contributed by atoms with E-state index in [0.29, 0.717) is 6.42 Å². The van der Waals surface area contributed by atoms with Crippen LogP contribution in [0.15, 0.2) is 0 Å². The van der Waals surface area contributed by atoms with Gasteiger partial charge >= 0.3 is 5.97 Å². The molecule has 0 saturated heterocycles. The van der Waals surface area contributed by atoms with E-state index in [0.717, 1.165) is 0 Å². The fourth-order valence-electron chi connectivity index (χ4n) is 2.19. The molecule has 10 nitrogen and oxygen atoms in total. The summed E-state index contributed by atoms with van der Waals surface area (Å²) in [6.07, 6.45) is -0.519. The molecule has 7 N–H and O–H groups in total. The monoisotopic (exact) mass is 388 g/mol. The van der Waals surface area contributed by atoms with Crippen molar-refractivity contribution in [2.45, 2.75) is 65.3 Å². The van der Waals surface area contributed by atoms with Gasteiger partial charge in [-0.15, -0.1) is 0 Å². The highest BCUT2D eigenvalue weighted by Gasteiger charge is 2.29. The molecule has 0 aromatic rings. The molecule has 5 unspecified atom stereocenters. The average molecular weight is 388 g/mol. The molecule has 0 bridgehead atoms. The molecule has 0 aliphatic rings. The van der Waals surface area contributed by atoms with Crippen LogP contribution in [0.5, 0.6) is 0 Å². The van der Waals surface area contributed by atoms with Crippen molar-refractivity contribution < 1.29 is 29.4 Å². The molecule has 0 saturated carbocycles. The van der Waals surface area contributed by atoms with Crippen LogP contribution < -0.4 is 21.7 Å². The predicted octanol–water partition coefficient (Wildman–Crippen LogP) is -1.43. The zero-order valence-electron chi connectivity index (χ0n) is 16.5. The Hall–Kier alpha value is -2.20. The summed E-state index contributed by atoms with van der Waals surface area (Å²) in [5.41, 5.74) is 5.54. The lowest BCUT2D eigenvalue weighted by Gasteiger charge is -2.24. The Balaban J connectivity index is 4.80. The van der Waals surface area contributed by atoms with Gasteiger partial charge in [0.2, 0.25) is 17.7 Å². The second-order valence-corrected chi connectivity index (χ2v) is 6.98. The van der Waals surface area contributed by atoms with Gasteiger partial charge in [-0.05, 0) is 18.8 Å².